The zero-order valence-electron chi connectivity index (χ0n) is 19.7. The van der Waals surface area contributed by atoms with E-state index in [0.29, 0.717) is 27.7 Å². The molecule has 0 aliphatic carbocycles. The predicted octanol–water partition coefficient (Wildman–Crippen LogP) is 2.98. The van der Waals surface area contributed by atoms with E-state index in [0.717, 1.165) is 0 Å². The molecule has 184 valence electrons. The highest BCUT2D eigenvalue weighted by Gasteiger charge is 2.23. The van der Waals surface area contributed by atoms with Crippen LogP contribution in [-0.4, -0.2) is 52.0 Å². The molecule has 1 atom stereocenters. The van der Waals surface area contributed by atoms with Crippen molar-refractivity contribution in [1.29, 1.82) is 0 Å². The lowest BCUT2D eigenvalue weighted by Crippen LogP contribution is -2.31. The molecule has 0 spiro atoms. The van der Waals surface area contributed by atoms with Crippen LogP contribution in [0.15, 0.2) is 60.0 Å². The van der Waals surface area contributed by atoms with Gasteiger partial charge < -0.3 is 24.7 Å². The van der Waals surface area contributed by atoms with Gasteiger partial charge in [0.25, 0.3) is 5.91 Å². The summed E-state index contributed by atoms with van der Waals surface area (Å²) in [6.45, 7) is 1.96. The Kier molecular flexibility index (Phi) is 9.24. The lowest BCUT2D eigenvalue weighted by atomic mass is 10.0. The van der Waals surface area contributed by atoms with Gasteiger partial charge in [0, 0.05) is 23.9 Å². The number of benzene rings is 2. The molecule has 11 heteroatoms. The molecular formula is C24H27N5O5S. The smallest absolute Gasteiger partial charge is 0.308 e. The first-order valence-corrected chi connectivity index (χ1v) is 11.9. The molecule has 0 aliphatic rings. The average Bonchev–Trinajstić information content (AvgIpc) is 3.27. The lowest BCUT2D eigenvalue weighted by molar-refractivity contribution is -0.143. The fourth-order valence-electron chi connectivity index (χ4n) is 3.29. The number of rotatable bonds is 11. The number of anilines is 1. The van der Waals surface area contributed by atoms with E-state index in [1.54, 1.807) is 73.4 Å². The maximum absolute atomic E-state index is 13.1. The molecule has 2 N–H and O–H groups in total. The molecule has 2 amide bonds. The molecule has 1 heterocycles. The van der Waals surface area contributed by atoms with Crippen LogP contribution in [0, 0.1) is 0 Å². The molecule has 0 fully saturated rings. The summed E-state index contributed by atoms with van der Waals surface area (Å²) in [5.74, 6) is -0.411. The van der Waals surface area contributed by atoms with Crippen molar-refractivity contribution in [3.63, 3.8) is 0 Å². The number of esters is 1. The minimum Gasteiger partial charge on any atom is -0.496 e. The SMILES string of the molecule is CCOC(=O)C[C@@H](NC(=O)c1cccc(NC(=O)CSc2nncn2C)c1)c1ccccc1OC. The fraction of sp³-hybridized carbons (Fsp3) is 0.292. The van der Waals surface area contributed by atoms with Crippen molar-refractivity contribution in [2.75, 3.05) is 24.8 Å². The van der Waals surface area contributed by atoms with Crippen LogP contribution in [0.3, 0.4) is 0 Å². The largest absolute Gasteiger partial charge is 0.496 e. The number of nitrogens with one attached hydrogen (secondary N) is 2. The third kappa shape index (κ3) is 7.31. The number of carbonyl (C=O) groups is 3. The van der Waals surface area contributed by atoms with Crippen LogP contribution in [0.25, 0.3) is 0 Å². The summed E-state index contributed by atoms with van der Waals surface area (Å²) in [5.41, 5.74) is 1.45. The van der Waals surface area contributed by atoms with Gasteiger partial charge >= 0.3 is 5.97 Å². The van der Waals surface area contributed by atoms with Crippen LogP contribution in [0.4, 0.5) is 5.69 Å². The van der Waals surface area contributed by atoms with Crippen molar-refractivity contribution in [3.05, 3.63) is 66.0 Å². The van der Waals surface area contributed by atoms with E-state index in [2.05, 4.69) is 20.8 Å². The van der Waals surface area contributed by atoms with E-state index in [1.807, 2.05) is 0 Å². The van der Waals surface area contributed by atoms with Crippen molar-refractivity contribution in [1.82, 2.24) is 20.1 Å². The molecule has 0 saturated heterocycles. The summed E-state index contributed by atoms with van der Waals surface area (Å²) in [6, 6.07) is 13.1. The highest BCUT2D eigenvalue weighted by Crippen LogP contribution is 2.28. The Morgan fingerprint density at radius 1 is 1.14 bits per heavy atom. The normalized spacial score (nSPS) is 11.4. The molecule has 3 aromatic rings. The van der Waals surface area contributed by atoms with Crippen LogP contribution in [0.5, 0.6) is 5.75 Å². The second-order valence-corrected chi connectivity index (χ2v) is 8.36. The zero-order valence-corrected chi connectivity index (χ0v) is 20.5. The van der Waals surface area contributed by atoms with E-state index in [1.165, 1.54) is 18.9 Å². The van der Waals surface area contributed by atoms with Gasteiger partial charge in [-0.3, -0.25) is 14.4 Å². The maximum atomic E-state index is 13.1. The topological polar surface area (TPSA) is 124 Å². The van der Waals surface area contributed by atoms with Crippen LogP contribution in [0.1, 0.15) is 35.3 Å². The van der Waals surface area contributed by atoms with Crippen molar-refractivity contribution < 1.29 is 23.9 Å². The molecule has 0 aliphatic heterocycles. The molecule has 2 aromatic carbocycles. The van der Waals surface area contributed by atoms with Crippen molar-refractivity contribution >= 4 is 35.2 Å². The number of carbonyl (C=O) groups excluding carboxylic acids is 3. The van der Waals surface area contributed by atoms with Gasteiger partial charge in [0.1, 0.15) is 12.1 Å². The minimum atomic E-state index is -0.668. The third-order valence-corrected chi connectivity index (χ3v) is 5.94. The van der Waals surface area contributed by atoms with E-state index >= 15 is 0 Å². The Hall–Kier alpha value is -3.86. The van der Waals surface area contributed by atoms with Gasteiger partial charge in [-0.05, 0) is 31.2 Å². The maximum Gasteiger partial charge on any atom is 0.308 e. The Balaban J connectivity index is 1.70. The highest BCUT2D eigenvalue weighted by molar-refractivity contribution is 7.99. The number of methoxy groups -OCH3 is 1. The van der Waals surface area contributed by atoms with Gasteiger partial charge in [-0.1, -0.05) is 36.0 Å². The van der Waals surface area contributed by atoms with Crippen molar-refractivity contribution in [3.8, 4) is 5.75 Å². The van der Waals surface area contributed by atoms with Crippen LogP contribution < -0.4 is 15.4 Å². The number of para-hydroxylation sites is 1. The quantitative estimate of drug-likeness (QED) is 0.306. The monoisotopic (exact) mass is 497 g/mol. The first kappa shape index (κ1) is 25.8. The van der Waals surface area contributed by atoms with E-state index in [9.17, 15) is 14.4 Å². The second-order valence-electron chi connectivity index (χ2n) is 7.42. The lowest BCUT2D eigenvalue weighted by Gasteiger charge is -2.21. The van der Waals surface area contributed by atoms with Gasteiger partial charge in [0.2, 0.25) is 5.91 Å². The fourth-order valence-corrected chi connectivity index (χ4v) is 3.98. The molecule has 0 bridgehead atoms. The second kappa shape index (κ2) is 12.6. The van der Waals surface area contributed by atoms with Gasteiger partial charge in [-0.2, -0.15) is 0 Å². The molecule has 0 saturated carbocycles. The minimum absolute atomic E-state index is 0.0599. The average molecular weight is 498 g/mol. The van der Waals surface area contributed by atoms with Crippen LogP contribution in [-0.2, 0) is 21.4 Å². The number of amides is 2. The van der Waals surface area contributed by atoms with Crippen molar-refractivity contribution in [2.45, 2.75) is 24.5 Å². The highest BCUT2D eigenvalue weighted by atomic mass is 32.2. The summed E-state index contributed by atoms with van der Waals surface area (Å²) in [7, 11) is 3.32. The number of aryl methyl sites for hydroxylation is 1. The molecule has 0 radical (unpaired) electrons. The van der Waals surface area contributed by atoms with Gasteiger partial charge in [0.15, 0.2) is 5.16 Å². The Morgan fingerprint density at radius 2 is 1.94 bits per heavy atom. The summed E-state index contributed by atoms with van der Waals surface area (Å²) >= 11 is 1.25. The summed E-state index contributed by atoms with van der Waals surface area (Å²) in [4.78, 5) is 37.7. The Labute approximate surface area is 207 Å². The zero-order chi connectivity index (χ0) is 25.2. The van der Waals surface area contributed by atoms with Crippen LogP contribution in [0.2, 0.25) is 0 Å². The standard InChI is InChI=1S/C24H27N5O5S/c1-4-34-22(31)13-19(18-10-5-6-11-20(18)33-3)27-23(32)16-8-7-9-17(12-16)26-21(30)14-35-24-28-25-15-29(24)2/h5-12,15,19H,4,13-14H2,1-3H3,(H,26,30)(H,27,32)/t19-/m1/s1. The number of nitrogens with zero attached hydrogens (tertiary/aromatic N) is 3. The predicted molar refractivity (Wildman–Crippen MR) is 131 cm³/mol. The first-order chi connectivity index (χ1) is 16.9. The summed E-state index contributed by atoms with van der Waals surface area (Å²) in [6.07, 6.45) is 1.50. The van der Waals surface area contributed by atoms with Gasteiger partial charge in [0.05, 0.1) is 31.9 Å². The number of thioether (sulfide) groups is 1. The number of hydrogen-bond acceptors (Lipinski definition) is 8. The Morgan fingerprint density at radius 3 is 2.66 bits per heavy atom. The summed E-state index contributed by atoms with van der Waals surface area (Å²) < 4.78 is 12.2. The van der Waals surface area contributed by atoms with Gasteiger partial charge in [-0.15, -0.1) is 10.2 Å². The molecule has 1 aromatic heterocycles. The molecule has 10 nitrogen and oxygen atoms in total. The van der Waals surface area contributed by atoms with Crippen molar-refractivity contribution in [2.24, 2.45) is 7.05 Å². The van der Waals surface area contributed by atoms with Gasteiger partial charge in [-0.25, -0.2) is 0 Å². The number of ether oxygens (including phenoxy) is 2. The van der Waals surface area contributed by atoms with E-state index < -0.39 is 17.9 Å². The third-order valence-electron chi connectivity index (χ3n) is 4.91. The van der Waals surface area contributed by atoms with E-state index in [4.69, 9.17) is 9.47 Å². The molecule has 0 unspecified atom stereocenters. The molecule has 3 rings (SSSR count). The summed E-state index contributed by atoms with van der Waals surface area (Å²) in [5, 5.41) is 14.0. The number of aromatic nitrogens is 3. The number of hydrogen-bond donors (Lipinski definition) is 2. The van der Waals surface area contributed by atoms with Crippen LogP contribution >= 0.6 is 11.8 Å². The first-order valence-electron chi connectivity index (χ1n) is 10.9. The van der Waals surface area contributed by atoms with E-state index in [-0.39, 0.29) is 24.7 Å². The molecule has 35 heavy (non-hydrogen) atoms. The Bertz CT molecular complexity index is 1180. The molecular weight excluding hydrogens is 470 g/mol.